The molecule has 128 valence electrons. The van der Waals surface area contributed by atoms with Gasteiger partial charge in [-0.15, -0.1) is 0 Å². The lowest BCUT2D eigenvalue weighted by atomic mass is 10.1. The van der Waals surface area contributed by atoms with Crippen molar-refractivity contribution in [1.29, 1.82) is 0 Å². The molecule has 25 heavy (non-hydrogen) atoms. The van der Waals surface area contributed by atoms with Crippen LogP contribution in [0.4, 0.5) is 0 Å². The molecular formula is C19H18N2O4. The number of methoxy groups -OCH3 is 1. The number of nitrogens with one attached hydrogen (secondary N) is 2. The van der Waals surface area contributed by atoms with Gasteiger partial charge in [0.25, 0.3) is 11.8 Å². The topological polar surface area (TPSA) is 84.5 Å². The Labute approximate surface area is 145 Å². The standard InChI is InChI=1S/C19H18N2O4/c1-25-17(22)13-20-19(24)16(12-14-8-4-2-5-9-14)21-18(23)15-10-6-3-7-11-15/h2-12H,13H2,1H3,(H,20,24)(H,21,23)/b16-12-. The molecule has 0 aliphatic heterocycles. The Morgan fingerprint density at radius 3 is 2.16 bits per heavy atom. The highest BCUT2D eigenvalue weighted by Gasteiger charge is 2.15. The van der Waals surface area contributed by atoms with E-state index in [1.165, 1.54) is 13.2 Å². The maximum absolute atomic E-state index is 12.3. The van der Waals surface area contributed by atoms with Crippen LogP contribution in [0.5, 0.6) is 0 Å². The zero-order valence-corrected chi connectivity index (χ0v) is 13.7. The number of amides is 2. The van der Waals surface area contributed by atoms with Crippen molar-refractivity contribution in [2.45, 2.75) is 0 Å². The number of hydrogen-bond acceptors (Lipinski definition) is 4. The first-order valence-corrected chi connectivity index (χ1v) is 7.58. The minimum atomic E-state index is -0.585. The van der Waals surface area contributed by atoms with E-state index in [1.807, 2.05) is 18.2 Å². The second kappa shape index (κ2) is 9.02. The van der Waals surface area contributed by atoms with Gasteiger partial charge in [-0.25, -0.2) is 0 Å². The highest BCUT2D eigenvalue weighted by molar-refractivity contribution is 6.05. The SMILES string of the molecule is COC(=O)CNC(=O)/C(=C/c1ccccc1)NC(=O)c1ccccc1. The van der Waals surface area contributed by atoms with Crippen LogP contribution in [-0.4, -0.2) is 31.4 Å². The van der Waals surface area contributed by atoms with Gasteiger partial charge in [-0.3, -0.25) is 14.4 Å². The second-order valence-corrected chi connectivity index (χ2v) is 5.05. The smallest absolute Gasteiger partial charge is 0.325 e. The van der Waals surface area contributed by atoms with Crippen LogP contribution in [0.15, 0.2) is 66.4 Å². The summed E-state index contributed by atoms with van der Waals surface area (Å²) < 4.78 is 4.49. The Balaban J connectivity index is 2.20. The molecule has 0 radical (unpaired) electrons. The highest BCUT2D eigenvalue weighted by atomic mass is 16.5. The molecule has 0 atom stereocenters. The van der Waals surface area contributed by atoms with Crippen LogP contribution in [0.3, 0.4) is 0 Å². The molecular weight excluding hydrogens is 320 g/mol. The molecule has 0 aromatic heterocycles. The number of carbonyl (C=O) groups excluding carboxylic acids is 3. The van der Waals surface area contributed by atoms with E-state index in [1.54, 1.807) is 42.5 Å². The number of carbonyl (C=O) groups is 3. The number of ether oxygens (including phenoxy) is 1. The van der Waals surface area contributed by atoms with E-state index in [2.05, 4.69) is 15.4 Å². The largest absolute Gasteiger partial charge is 0.468 e. The zero-order valence-electron chi connectivity index (χ0n) is 13.7. The fraction of sp³-hybridized carbons (Fsp3) is 0.105. The predicted molar refractivity (Wildman–Crippen MR) is 93.4 cm³/mol. The van der Waals surface area contributed by atoms with Crippen LogP contribution >= 0.6 is 0 Å². The van der Waals surface area contributed by atoms with E-state index >= 15 is 0 Å². The van der Waals surface area contributed by atoms with E-state index in [0.29, 0.717) is 5.56 Å². The van der Waals surface area contributed by atoms with E-state index in [4.69, 9.17) is 0 Å². The van der Waals surface area contributed by atoms with Crippen LogP contribution in [-0.2, 0) is 14.3 Å². The zero-order chi connectivity index (χ0) is 18.1. The van der Waals surface area contributed by atoms with Gasteiger partial charge >= 0.3 is 5.97 Å². The molecule has 0 saturated carbocycles. The fourth-order valence-electron chi connectivity index (χ4n) is 1.98. The molecule has 0 fully saturated rings. The first-order chi connectivity index (χ1) is 12.1. The minimum Gasteiger partial charge on any atom is -0.468 e. The molecule has 0 unspecified atom stereocenters. The van der Waals surface area contributed by atoms with Gasteiger partial charge < -0.3 is 15.4 Å². The first-order valence-electron chi connectivity index (χ1n) is 7.58. The van der Waals surface area contributed by atoms with E-state index in [9.17, 15) is 14.4 Å². The third kappa shape index (κ3) is 5.62. The van der Waals surface area contributed by atoms with Crippen molar-refractivity contribution in [2.24, 2.45) is 0 Å². The minimum absolute atomic E-state index is 0.0314. The Morgan fingerprint density at radius 2 is 1.56 bits per heavy atom. The van der Waals surface area contributed by atoms with Crippen molar-refractivity contribution in [1.82, 2.24) is 10.6 Å². The van der Waals surface area contributed by atoms with Gasteiger partial charge in [0.05, 0.1) is 7.11 Å². The Kier molecular flexibility index (Phi) is 6.47. The summed E-state index contributed by atoms with van der Waals surface area (Å²) in [6.45, 7) is -0.289. The molecule has 0 aliphatic carbocycles. The van der Waals surface area contributed by atoms with Crippen LogP contribution in [0.25, 0.3) is 6.08 Å². The van der Waals surface area contributed by atoms with E-state index in [-0.39, 0.29) is 12.2 Å². The summed E-state index contributed by atoms with van der Waals surface area (Å²) in [4.78, 5) is 35.9. The van der Waals surface area contributed by atoms with Gasteiger partial charge in [0.1, 0.15) is 12.2 Å². The van der Waals surface area contributed by atoms with Crippen molar-refractivity contribution < 1.29 is 19.1 Å². The van der Waals surface area contributed by atoms with Crippen molar-refractivity contribution in [3.8, 4) is 0 Å². The predicted octanol–water partition coefficient (Wildman–Crippen LogP) is 1.75. The summed E-state index contributed by atoms with van der Waals surface area (Å²) in [5, 5.41) is 5.00. The number of benzene rings is 2. The Bertz CT molecular complexity index is 771. The molecule has 2 aromatic rings. The van der Waals surface area contributed by atoms with Crippen LogP contribution in [0, 0.1) is 0 Å². The molecule has 2 N–H and O–H groups in total. The molecule has 6 heteroatoms. The summed E-state index contributed by atoms with van der Waals surface area (Å²) in [7, 11) is 1.23. The average Bonchev–Trinajstić information content (AvgIpc) is 2.66. The van der Waals surface area contributed by atoms with Gasteiger partial charge in [0.2, 0.25) is 0 Å². The number of esters is 1. The fourth-order valence-corrected chi connectivity index (χ4v) is 1.98. The first kappa shape index (κ1) is 17.9. The lowest BCUT2D eigenvalue weighted by molar-refractivity contribution is -0.140. The second-order valence-electron chi connectivity index (χ2n) is 5.05. The molecule has 2 amide bonds. The normalized spacial score (nSPS) is 10.7. The third-order valence-corrected chi connectivity index (χ3v) is 3.26. The van der Waals surface area contributed by atoms with Crippen molar-refractivity contribution in [3.63, 3.8) is 0 Å². The highest BCUT2D eigenvalue weighted by Crippen LogP contribution is 2.07. The number of rotatable bonds is 6. The summed E-state index contributed by atoms with van der Waals surface area (Å²) in [6, 6.07) is 17.6. The summed E-state index contributed by atoms with van der Waals surface area (Å²) >= 11 is 0. The summed E-state index contributed by atoms with van der Waals surface area (Å²) in [6.07, 6.45) is 1.54. The van der Waals surface area contributed by atoms with Crippen LogP contribution in [0.2, 0.25) is 0 Å². The van der Waals surface area contributed by atoms with E-state index in [0.717, 1.165) is 5.56 Å². The van der Waals surface area contributed by atoms with Crippen molar-refractivity contribution in [3.05, 3.63) is 77.5 Å². The van der Waals surface area contributed by atoms with Crippen LogP contribution in [0.1, 0.15) is 15.9 Å². The lowest BCUT2D eigenvalue weighted by Crippen LogP contribution is -2.37. The molecule has 0 aliphatic rings. The maximum atomic E-state index is 12.3. The lowest BCUT2D eigenvalue weighted by Gasteiger charge is -2.10. The molecule has 0 bridgehead atoms. The van der Waals surface area contributed by atoms with Gasteiger partial charge in [0, 0.05) is 5.56 Å². The van der Waals surface area contributed by atoms with Crippen LogP contribution < -0.4 is 10.6 Å². The Morgan fingerprint density at radius 1 is 0.960 bits per heavy atom. The summed E-state index contributed by atoms with van der Waals surface area (Å²) in [5.74, 6) is -1.59. The molecule has 0 spiro atoms. The quantitative estimate of drug-likeness (QED) is 0.621. The van der Waals surface area contributed by atoms with Gasteiger partial charge in [-0.05, 0) is 23.8 Å². The van der Waals surface area contributed by atoms with Gasteiger partial charge in [-0.1, -0.05) is 48.5 Å². The molecule has 0 saturated heterocycles. The number of hydrogen-bond donors (Lipinski definition) is 2. The molecule has 6 nitrogen and oxygen atoms in total. The third-order valence-electron chi connectivity index (χ3n) is 3.26. The van der Waals surface area contributed by atoms with Crippen molar-refractivity contribution >= 4 is 23.9 Å². The molecule has 2 aromatic carbocycles. The Hall–Kier alpha value is -3.41. The van der Waals surface area contributed by atoms with E-state index < -0.39 is 17.8 Å². The monoisotopic (exact) mass is 338 g/mol. The summed E-state index contributed by atoms with van der Waals surface area (Å²) in [5.41, 5.74) is 1.19. The molecule has 2 rings (SSSR count). The van der Waals surface area contributed by atoms with Crippen molar-refractivity contribution in [2.75, 3.05) is 13.7 Å². The van der Waals surface area contributed by atoms with Gasteiger partial charge in [0.15, 0.2) is 0 Å². The maximum Gasteiger partial charge on any atom is 0.325 e. The van der Waals surface area contributed by atoms with Gasteiger partial charge in [-0.2, -0.15) is 0 Å². The molecule has 0 heterocycles. The average molecular weight is 338 g/mol.